The Morgan fingerprint density at radius 2 is 1.95 bits per heavy atom. The lowest BCUT2D eigenvalue weighted by Gasteiger charge is -2.13. The molecule has 1 radical (unpaired) electrons. The third-order valence-corrected chi connectivity index (χ3v) is 2.77. The molecule has 2 aromatic rings. The Morgan fingerprint density at radius 1 is 1.20 bits per heavy atom. The van der Waals surface area contributed by atoms with Gasteiger partial charge in [-0.2, -0.15) is 0 Å². The number of methoxy groups -OCH3 is 2. The molecule has 0 fully saturated rings. The van der Waals surface area contributed by atoms with Gasteiger partial charge in [0.25, 0.3) is 5.91 Å². The van der Waals surface area contributed by atoms with Gasteiger partial charge in [0.2, 0.25) is 0 Å². The average Bonchev–Trinajstić information content (AvgIpc) is 2.48. The molecule has 0 atom stereocenters. The van der Waals surface area contributed by atoms with E-state index < -0.39 is 0 Å². The fraction of sp³-hybridized carbons (Fsp3) is 0.133. The number of carbonyl (C=O) groups is 1. The number of nitrogens with two attached hydrogens (primary N) is 1. The van der Waals surface area contributed by atoms with Crippen LogP contribution in [-0.2, 0) is 0 Å². The maximum Gasteiger partial charge on any atom is 0.260 e. The highest BCUT2D eigenvalue weighted by Crippen LogP contribution is 2.31. The predicted octanol–water partition coefficient (Wildman–Crippen LogP) is 2.34. The van der Waals surface area contributed by atoms with E-state index in [-0.39, 0.29) is 11.5 Å². The molecule has 0 unspecified atom stereocenters. The van der Waals surface area contributed by atoms with Crippen LogP contribution in [-0.4, -0.2) is 20.1 Å². The normalized spacial score (nSPS) is 9.90. The lowest BCUT2D eigenvalue weighted by molar-refractivity contribution is 0.102. The second-order valence-electron chi connectivity index (χ2n) is 4.00. The number of ether oxygens (including phenoxy) is 2. The fourth-order valence-electron chi connectivity index (χ4n) is 1.79. The SMILES string of the molecule is COc1cc[c]c(C(=O)Nc2ccccc2N)c1OC. The summed E-state index contributed by atoms with van der Waals surface area (Å²) in [5.74, 6) is 0.443. The topological polar surface area (TPSA) is 73.6 Å². The van der Waals surface area contributed by atoms with Crippen LogP contribution in [0.4, 0.5) is 11.4 Å². The summed E-state index contributed by atoms with van der Waals surface area (Å²) in [6, 6.07) is 13.1. The highest BCUT2D eigenvalue weighted by atomic mass is 16.5. The van der Waals surface area contributed by atoms with E-state index in [0.717, 1.165) is 0 Å². The van der Waals surface area contributed by atoms with Gasteiger partial charge in [-0.15, -0.1) is 0 Å². The minimum atomic E-state index is -0.362. The summed E-state index contributed by atoms with van der Waals surface area (Å²) in [6.07, 6.45) is 0. The van der Waals surface area contributed by atoms with Crippen LogP contribution in [0.1, 0.15) is 10.4 Å². The highest BCUT2D eigenvalue weighted by molar-refractivity contribution is 6.07. The zero-order valence-corrected chi connectivity index (χ0v) is 11.3. The molecular formula is C15H15N2O3. The summed E-state index contributed by atoms with van der Waals surface area (Å²) < 4.78 is 10.4. The van der Waals surface area contributed by atoms with Crippen LogP contribution in [0.2, 0.25) is 0 Å². The van der Waals surface area contributed by atoms with Gasteiger partial charge in [-0.25, -0.2) is 0 Å². The molecule has 0 aliphatic heterocycles. The molecule has 0 spiro atoms. The van der Waals surface area contributed by atoms with Gasteiger partial charge in [-0.1, -0.05) is 12.1 Å². The van der Waals surface area contributed by atoms with Crippen molar-refractivity contribution in [1.29, 1.82) is 0 Å². The van der Waals surface area contributed by atoms with E-state index in [1.807, 2.05) is 0 Å². The summed E-state index contributed by atoms with van der Waals surface area (Å²) in [5, 5.41) is 2.72. The van der Waals surface area contributed by atoms with Gasteiger partial charge in [0, 0.05) is 0 Å². The third-order valence-electron chi connectivity index (χ3n) is 2.77. The largest absolute Gasteiger partial charge is 0.493 e. The molecule has 2 aromatic carbocycles. The first kappa shape index (κ1) is 13.7. The average molecular weight is 271 g/mol. The lowest BCUT2D eigenvalue weighted by Crippen LogP contribution is -2.14. The van der Waals surface area contributed by atoms with Crippen molar-refractivity contribution in [3.63, 3.8) is 0 Å². The van der Waals surface area contributed by atoms with Crippen molar-refractivity contribution in [2.75, 3.05) is 25.3 Å². The maximum atomic E-state index is 12.3. The third kappa shape index (κ3) is 2.66. The number of benzene rings is 2. The van der Waals surface area contributed by atoms with Crippen molar-refractivity contribution < 1.29 is 14.3 Å². The standard InChI is InChI=1S/C15H15N2O3/c1-19-13-9-5-6-10(14(13)20-2)15(18)17-12-8-4-3-7-11(12)16/h3-5,7-9H,16H2,1-2H3,(H,17,18). The van der Waals surface area contributed by atoms with Crippen molar-refractivity contribution in [1.82, 2.24) is 0 Å². The van der Waals surface area contributed by atoms with Crippen molar-refractivity contribution in [2.24, 2.45) is 0 Å². The Bertz CT molecular complexity index is 626. The van der Waals surface area contributed by atoms with Crippen LogP contribution in [0.3, 0.4) is 0 Å². The first-order valence-electron chi connectivity index (χ1n) is 5.96. The van der Waals surface area contributed by atoms with Crippen molar-refractivity contribution >= 4 is 17.3 Å². The molecule has 103 valence electrons. The number of amides is 1. The Hall–Kier alpha value is -2.69. The lowest BCUT2D eigenvalue weighted by atomic mass is 10.1. The number of carbonyl (C=O) groups excluding carboxylic acids is 1. The molecule has 0 aliphatic carbocycles. The van der Waals surface area contributed by atoms with Crippen LogP contribution in [0, 0.1) is 6.07 Å². The molecule has 0 heterocycles. The van der Waals surface area contributed by atoms with E-state index in [0.29, 0.717) is 22.9 Å². The van der Waals surface area contributed by atoms with Gasteiger partial charge in [0.15, 0.2) is 11.5 Å². The Balaban J connectivity index is 2.32. The molecule has 0 bridgehead atoms. The minimum absolute atomic E-state index is 0.259. The van der Waals surface area contributed by atoms with Gasteiger partial charge >= 0.3 is 0 Å². The van der Waals surface area contributed by atoms with Crippen LogP contribution in [0.15, 0.2) is 36.4 Å². The Morgan fingerprint density at radius 3 is 2.60 bits per heavy atom. The molecule has 1 amide bonds. The van der Waals surface area contributed by atoms with Crippen LogP contribution >= 0.6 is 0 Å². The number of nitrogens with one attached hydrogen (secondary N) is 1. The molecule has 0 saturated heterocycles. The monoisotopic (exact) mass is 271 g/mol. The van der Waals surface area contributed by atoms with Crippen LogP contribution < -0.4 is 20.5 Å². The van der Waals surface area contributed by atoms with E-state index in [1.54, 1.807) is 36.4 Å². The molecule has 0 saturated carbocycles. The van der Waals surface area contributed by atoms with Gasteiger partial charge < -0.3 is 20.5 Å². The number of hydrogen-bond donors (Lipinski definition) is 2. The van der Waals surface area contributed by atoms with E-state index in [9.17, 15) is 4.79 Å². The first-order chi connectivity index (χ1) is 9.67. The Labute approximate surface area is 117 Å². The number of anilines is 2. The van der Waals surface area contributed by atoms with E-state index in [4.69, 9.17) is 15.2 Å². The smallest absolute Gasteiger partial charge is 0.260 e. The molecular weight excluding hydrogens is 256 g/mol. The van der Waals surface area contributed by atoms with Gasteiger partial charge in [0.05, 0.1) is 31.2 Å². The quantitative estimate of drug-likeness (QED) is 0.837. The van der Waals surface area contributed by atoms with Crippen LogP contribution in [0.25, 0.3) is 0 Å². The molecule has 5 nitrogen and oxygen atoms in total. The number of hydrogen-bond acceptors (Lipinski definition) is 4. The number of para-hydroxylation sites is 2. The molecule has 0 aliphatic rings. The van der Waals surface area contributed by atoms with E-state index in [2.05, 4.69) is 11.4 Å². The zero-order chi connectivity index (χ0) is 14.5. The van der Waals surface area contributed by atoms with Crippen molar-refractivity contribution in [3.8, 4) is 11.5 Å². The fourth-order valence-corrected chi connectivity index (χ4v) is 1.79. The summed E-state index contributed by atoms with van der Waals surface area (Å²) >= 11 is 0. The van der Waals surface area contributed by atoms with E-state index in [1.165, 1.54) is 14.2 Å². The predicted molar refractivity (Wildman–Crippen MR) is 77.2 cm³/mol. The number of rotatable bonds is 4. The second-order valence-corrected chi connectivity index (χ2v) is 4.00. The highest BCUT2D eigenvalue weighted by Gasteiger charge is 2.17. The molecule has 5 heteroatoms. The van der Waals surface area contributed by atoms with Crippen molar-refractivity contribution in [3.05, 3.63) is 48.0 Å². The summed E-state index contributed by atoms with van der Waals surface area (Å²) in [7, 11) is 2.98. The van der Waals surface area contributed by atoms with Crippen LogP contribution in [0.5, 0.6) is 11.5 Å². The minimum Gasteiger partial charge on any atom is -0.493 e. The van der Waals surface area contributed by atoms with E-state index >= 15 is 0 Å². The van der Waals surface area contributed by atoms with Crippen molar-refractivity contribution in [2.45, 2.75) is 0 Å². The molecule has 3 N–H and O–H groups in total. The molecule has 0 aromatic heterocycles. The zero-order valence-electron chi connectivity index (χ0n) is 11.3. The second kappa shape index (κ2) is 5.97. The van der Waals surface area contributed by atoms with Gasteiger partial charge in [0.1, 0.15) is 0 Å². The Kier molecular flexibility index (Phi) is 4.10. The summed E-state index contributed by atoms with van der Waals surface area (Å²) in [6.45, 7) is 0. The maximum absolute atomic E-state index is 12.3. The van der Waals surface area contributed by atoms with Gasteiger partial charge in [-0.05, 0) is 30.3 Å². The molecule has 20 heavy (non-hydrogen) atoms. The van der Waals surface area contributed by atoms with Gasteiger partial charge in [-0.3, -0.25) is 4.79 Å². The molecule has 2 rings (SSSR count). The number of nitrogen functional groups attached to an aromatic ring is 1. The summed E-state index contributed by atoms with van der Waals surface area (Å²) in [4.78, 5) is 12.3. The summed E-state index contributed by atoms with van der Waals surface area (Å²) in [5.41, 5.74) is 7.08. The first-order valence-corrected chi connectivity index (χ1v) is 5.96.